The maximum atomic E-state index is 10.8. The molecule has 0 spiro atoms. The molecule has 20 heavy (non-hydrogen) atoms. The third-order valence-corrected chi connectivity index (χ3v) is 3.99. The number of hydrogen-bond acceptors (Lipinski definition) is 3. The first-order chi connectivity index (χ1) is 9.70. The van der Waals surface area contributed by atoms with Crippen LogP contribution in [0.4, 0.5) is 0 Å². The molecule has 0 aromatic rings. The van der Waals surface area contributed by atoms with Crippen LogP contribution in [0.25, 0.3) is 0 Å². The molecule has 0 saturated carbocycles. The van der Waals surface area contributed by atoms with Gasteiger partial charge in [-0.25, -0.2) is 0 Å². The minimum atomic E-state index is -0.892. The van der Waals surface area contributed by atoms with Crippen LogP contribution in [0.3, 0.4) is 0 Å². The zero-order valence-electron chi connectivity index (χ0n) is 13.4. The molecule has 0 aliphatic carbocycles. The smallest absolute Gasteiger partial charge is 0.0417 e. The van der Waals surface area contributed by atoms with Gasteiger partial charge in [0.2, 0.25) is 0 Å². The van der Waals surface area contributed by atoms with Gasteiger partial charge >= 0.3 is 0 Å². The van der Waals surface area contributed by atoms with Crippen LogP contribution in [0.15, 0.2) is 0 Å². The minimum Gasteiger partial charge on any atom is -0.550 e. The van der Waals surface area contributed by atoms with Gasteiger partial charge in [0.25, 0.3) is 0 Å². The fourth-order valence-electron chi connectivity index (χ4n) is 2.73. The lowest BCUT2D eigenvalue weighted by atomic mass is 9.92. The van der Waals surface area contributed by atoms with Crippen LogP contribution in [0.5, 0.6) is 0 Å². The quantitative estimate of drug-likeness (QED) is 0.469. The van der Waals surface area contributed by atoms with Crippen LogP contribution in [-0.2, 0) is 4.79 Å². The van der Waals surface area contributed by atoms with Crippen molar-refractivity contribution in [2.24, 2.45) is 11.7 Å². The predicted molar refractivity (Wildman–Crippen MR) is 83.2 cm³/mol. The van der Waals surface area contributed by atoms with Gasteiger partial charge in [-0.15, -0.1) is 0 Å². The molecule has 2 N–H and O–H groups in total. The van der Waals surface area contributed by atoms with Crippen molar-refractivity contribution < 1.29 is 9.90 Å². The van der Waals surface area contributed by atoms with E-state index in [4.69, 9.17) is 5.73 Å². The van der Waals surface area contributed by atoms with E-state index in [0.29, 0.717) is 5.92 Å². The summed E-state index contributed by atoms with van der Waals surface area (Å²) in [6.45, 7) is 2.97. The lowest BCUT2D eigenvalue weighted by Gasteiger charge is -2.17. The molecule has 120 valence electrons. The number of carbonyl (C=O) groups excluding carboxylic acids is 1. The first-order valence-corrected chi connectivity index (χ1v) is 8.60. The minimum absolute atomic E-state index is 0.235. The van der Waals surface area contributed by atoms with Gasteiger partial charge in [-0.3, -0.25) is 0 Å². The van der Waals surface area contributed by atoms with E-state index in [0.717, 1.165) is 38.6 Å². The number of unbranched alkanes of at least 4 members (excludes halogenated alkanes) is 8. The number of carbonyl (C=O) groups is 1. The molecule has 0 bridgehead atoms. The SMILES string of the molecule is CCCCCCCCCC(CCCCCN)CC(=O)[O-]. The van der Waals surface area contributed by atoms with E-state index in [1.165, 1.54) is 44.9 Å². The monoisotopic (exact) mass is 284 g/mol. The number of hydrogen-bond donors (Lipinski definition) is 1. The lowest BCUT2D eigenvalue weighted by molar-refractivity contribution is -0.306. The van der Waals surface area contributed by atoms with Crippen LogP contribution in [0, 0.1) is 5.92 Å². The largest absolute Gasteiger partial charge is 0.550 e. The maximum Gasteiger partial charge on any atom is 0.0417 e. The normalized spacial score (nSPS) is 12.5. The molecule has 0 aliphatic rings. The molecular weight excluding hydrogens is 250 g/mol. The van der Waals surface area contributed by atoms with E-state index in [1.54, 1.807) is 0 Å². The maximum absolute atomic E-state index is 10.8. The highest BCUT2D eigenvalue weighted by Gasteiger charge is 2.08. The van der Waals surface area contributed by atoms with Crippen molar-refractivity contribution in [3.8, 4) is 0 Å². The van der Waals surface area contributed by atoms with Crippen LogP contribution < -0.4 is 10.8 Å². The first kappa shape index (κ1) is 19.4. The molecule has 1 unspecified atom stereocenters. The van der Waals surface area contributed by atoms with E-state index < -0.39 is 5.97 Å². The molecule has 0 aromatic carbocycles. The van der Waals surface area contributed by atoms with Gasteiger partial charge in [-0.1, -0.05) is 77.6 Å². The summed E-state index contributed by atoms with van der Waals surface area (Å²) >= 11 is 0. The molecule has 0 rings (SSSR count). The van der Waals surface area contributed by atoms with E-state index >= 15 is 0 Å². The highest BCUT2D eigenvalue weighted by Crippen LogP contribution is 2.21. The molecule has 0 heterocycles. The summed E-state index contributed by atoms with van der Waals surface area (Å²) in [4.78, 5) is 10.8. The Morgan fingerprint density at radius 2 is 1.40 bits per heavy atom. The third kappa shape index (κ3) is 13.9. The molecular formula is C17H34NO2-. The predicted octanol–water partition coefficient (Wildman–Crippen LogP) is 3.40. The summed E-state index contributed by atoms with van der Waals surface area (Å²) in [7, 11) is 0. The summed E-state index contributed by atoms with van der Waals surface area (Å²) in [5.41, 5.74) is 5.47. The van der Waals surface area contributed by atoms with Crippen molar-refractivity contribution in [1.29, 1.82) is 0 Å². The Morgan fingerprint density at radius 3 is 1.90 bits per heavy atom. The van der Waals surface area contributed by atoms with Crippen molar-refractivity contribution in [1.82, 2.24) is 0 Å². The molecule has 3 heteroatoms. The Balaban J connectivity index is 3.61. The highest BCUT2D eigenvalue weighted by atomic mass is 16.4. The molecule has 1 atom stereocenters. The molecule has 0 aliphatic heterocycles. The summed E-state index contributed by atoms with van der Waals surface area (Å²) in [5, 5.41) is 10.8. The molecule has 0 saturated heterocycles. The standard InChI is InChI=1S/C17H35NO2/c1-2-3-4-5-6-7-9-12-16(15-17(19)20)13-10-8-11-14-18/h16H,2-15,18H2,1H3,(H,19,20)/p-1. The second kappa shape index (κ2) is 14.8. The van der Waals surface area contributed by atoms with Crippen LogP contribution in [0.1, 0.15) is 90.4 Å². The van der Waals surface area contributed by atoms with Gasteiger partial charge in [-0.05, 0) is 25.3 Å². The van der Waals surface area contributed by atoms with Crippen LogP contribution in [0.2, 0.25) is 0 Å². The van der Waals surface area contributed by atoms with Crippen LogP contribution >= 0.6 is 0 Å². The Morgan fingerprint density at radius 1 is 0.900 bits per heavy atom. The van der Waals surface area contributed by atoms with Crippen LogP contribution in [-0.4, -0.2) is 12.5 Å². The second-order valence-electron chi connectivity index (χ2n) is 5.99. The van der Waals surface area contributed by atoms with Gasteiger partial charge in [0.15, 0.2) is 0 Å². The molecule has 0 amide bonds. The third-order valence-electron chi connectivity index (χ3n) is 3.99. The summed E-state index contributed by atoms with van der Waals surface area (Å²) in [6, 6.07) is 0. The Bertz CT molecular complexity index is 219. The molecule has 0 aromatic heterocycles. The van der Waals surface area contributed by atoms with Crippen molar-refractivity contribution in [3.63, 3.8) is 0 Å². The Labute approximate surface area is 125 Å². The fraction of sp³-hybridized carbons (Fsp3) is 0.941. The van der Waals surface area contributed by atoms with E-state index in [9.17, 15) is 9.90 Å². The van der Waals surface area contributed by atoms with Gasteiger partial charge in [0.1, 0.15) is 0 Å². The summed E-state index contributed by atoms with van der Waals surface area (Å²) in [6.07, 6.45) is 14.6. The molecule has 3 nitrogen and oxygen atoms in total. The zero-order chi connectivity index (χ0) is 15.1. The number of aliphatic carboxylic acids is 1. The second-order valence-corrected chi connectivity index (χ2v) is 5.99. The first-order valence-electron chi connectivity index (χ1n) is 8.60. The van der Waals surface area contributed by atoms with E-state index in [-0.39, 0.29) is 6.42 Å². The Hall–Kier alpha value is -0.570. The summed E-state index contributed by atoms with van der Waals surface area (Å²) in [5.74, 6) is -0.579. The lowest BCUT2D eigenvalue weighted by Crippen LogP contribution is -2.25. The topological polar surface area (TPSA) is 66.2 Å². The van der Waals surface area contributed by atoms with Crippen molar-refractivity contribution in [3.05, 3.63) is 0 Å². The van der Waals surface area contributed by atoms with Gasteiger partial charge in [-0.2, -0.15) is 0 Å². The highest BCUT2D eigenvalue weighted by molar-refractivity contribution is 5.64. The number of carboxylic acid groups (broad SMARTS) is 1. The average molecular weight is 284 g/mol. The fourth-order valence-corrected chi connectivity index (χ4v) is 2.73. The van der Waals surface area contributed by atoms with Crippen molar-refractivity contribution >= 4 is 5.97 Å². The van der Waals surface area contributed by atoms with Gasteiger partial charge < -0.3 is 15.6 Å². The summed E-state index contributed by atoms with van der Waals surface area (Å²) < 4.78 is 0. The van der Waals surface area contributed by atoms with Gasteiger partial charge in [0.05, 0.1) is 0 Å². The van der Waals surface area contributed by atoms with E-state index in [2.05, 4.69) is 6.92 Å². The number of nitrogens with two attached hydrogens (primary N) is 1. The number of carboxylic acids is 1. The zero-order valence-corrected chi connectivity index (χ0v) is 13.4. The van der Waals surface area contributed by atoms with Gasteiger partial charge in [0, 0.05) is 5.97 Å². The number of rotatable bonds is 15. The van der Waals surface area contributed by atoms with Crippen molar-refractivity contribution in [2.45, 2.75) is 90.4 Å². The molecule has 0 fully saturated rings. The van der Waals surface area contributed by atoms with Crippen molar-refractivity contribution in [2.75, 3.05) is 6.54 Å². The average Bonchev–Trinajstić information content (AvgIpc) is 2.41. The van der Waals surface area contributed by atoms with E-state index in [1.807, 2.05) is 0 Å². The Kier molecular flexibility index (Phi) is 14.4. The molecule has 0 radical (unpaired) electrons.